The lowest BCUT2D eigenvalue weighted by Gasteiger charge is -2.19. The molecule has 5 rings (SSSR count). The highest BCUT2D eigenvalue weighted by molar-refractivity contribution is 9.10. The summed E-state index contributed by atoms with van der Waals surface area (Å²) in [5.41, 5.74) is 5.78. The number of anilines is 1. The van der Waals surface area contributed by atoms with E-state index in [-0.39, 0.29) is 30.9 Å². The maximum Gasteiger partial charge on any atom is 0.323 e. The van der Waals surface area contributed by atoms with E-state index in [4.69, 9.17) is 26.5 Å². The number of aliphatic hydroxyl groups is 2. The first-order valence-electron chi connectivity index (χ1n) is 16.7. The molecule has 272 valence electrons. The van der Waals surface area contributed by atoms with Crippen LogP contribution in [0.4, 0.5) is 5.69 Å². The topological polar surface area (TPSA) is 184 Å². The number of aliphatic hydroxyl groups excluding tert-OH is 2. The van der Waals surface area contributed by atoms with Gasteiger partial charge in [0.2, 0.25) is 0 Å². The van der Waals surface area contributed by atoms with E-state index in [2.05, 4.69) is 42.5 Å². The van der Waals surface area contributed by atoms with Gasteiger partial charge in [-0.05, 0) is 64.6 Å². The number of carboxylic acids is 1. The van der Waals surface area contributed by atoms with Gasteiger partial charge < -0.3 is 40.4 Å². The molecule has 1 saturated heterocycles. The number of benzene rings is 3. The largest absolute Gasteiger partial charge is 0.488 e. The molecule has 1 aliphatic rings. The molecule has 12 nitrogen and oxygen atoms in total. The van der Waals surface area contributed by atoms with Gasteiger partial charge in [0.25, 0.3) is 0 Å². The molecular formula is C38H40BrClN6O6. The summed E-state index contributed by atoms with van der Waals surface area (Å²) in [5, 5.41) is 52.7. The van der Waals surface area contributed by atoms with Gasteiger partial charge >= 0.3 is 5.97 Å². The van der Waals surface area contributed by atoms with E-state index in [1.165, 1.54) is 12.4 Å². The average molecular weight is 792 g/mol. The molecule has 0 radical (unpaired) electrons. The lowest BCUT2D eigenvalue weighted by molar-refractivity contribution is -0.140. The quantitative estimate of drug-likeness (QED) is 0.0545. The predicted molar refractivity (Wildman–Crippen MR) is 202 cm³/mol. The van der Waals surface area contributed by atoms with Crippen molar-refractivity contribution in [2.24, 2.45) is 0 Å². The number of ether oxygens (including phenoxy) is 2. The first-order chi connectivity index (χ1) is 25.2. The Morgan fingerprint density at radius 1 is 1.13 bits per heavy atom. The van der Waals surface area contributed by atoms with E-state index < -0.39 is 18.6 Å². The smallest absolute Gasteiger partial charge is 0.323 e. The molecule has 0 bridgehead atoms. The van der Waals surface area contributed by atoms with Crippen molar-refractivity contribution in [2.45, 2.75) is 44.7 Å². The fraction of sp³-hybridized carbons (Fsp3) is 0.316. The van der Waals surface area contributed by atoms with E-state index in [0.717, 1.165) is 71.4 Å². The fourth-order valence-corrected chi connectivity index (χ4v) is 6.75. The average Bonchev–Trinajstić information content (AvgIpc) is 3.57. The number of aromatic nitrogens is 1. The van der Waals surface area contributed by atoms with Gasteiger partial charge in [-0.3, -0.25) is 15.1 Å². The van der Waals surface area contributed by atoms with Crippen molar-refractivity contribution < 1.29 is 29.6 Å². The number of likely N-dealkylation sites (tertiary alicyclic amines) is 1. The van der Waals surface area contributed by atoms with Crippen molar-refractivity contribution in [3.05, 3.63) is 104 Å². The van der Waals surface area contributed by atoms with Crippen LogP contribution in [-0.4, -0.2) is 82.3 Å². The van der Waals surface area contributed by atoms with E-state index in [1.807, 2.05) is 36.4 Å². The number of nitriles is 1. The molecule has 0 amide bonds. The number of halogens is 2. The van der Waals surface area contributed by atoms with Gasteiger partial charge in [0, 0.05) is 83.3 Å². The molecule has 0 saturated carbocycles. The molecule has 0 aliphatic carbocycles. The molecule has 2 heterocycles. The Morgan fingerprint density at radius 2 is 1.92 bits per heavy atom. The summed E-state index contributed by atoms with van der Waals surface area (Å²) < 4.78 is 13.1. The molecule has 1 fully saturated rings. The summed E-state index contributed by atoms with van der Waals surface area (Å²) in [6, 6.07) is 17.5. The summed E-state index contributed by atoms with van der Waals surface area (Å²) in [6.45, 7) is 2.90. The summed E-state index contributed by atoms with van der Waals surface area (Å²) in [4.78, 5) is 17.8. The van der Waals surface area contributed by atoms with E-state index in [0.29, 0.717) is 28.2 Å². The van der Waals surface area contributed by atoms with Gasteiger partial charge in [-0.15, -0.1) is 0 Å². The number of hydrogen-bond donors (Lipinski definition) is 6. The minimum atomic E-state index is -1.20. The molecule has 0 spiro atoms. The first-order valence-corrected chi connectivity index (χ1v) is 17.9. The van der Waals surface area contributed by atoms with Crippen molar-refractivity contribution in [1.82, 2.24) is 15.2 Å². The number of nitrogens with one attached hydrogen (secondary N) is 3. The Hall–Kier alpha value is -4.55. The third kappa shape index (κ3) is 10.1. The zero-order valence-corrected chi connectivity index (χ0v) is 30.7. The van der Waals surface area contributed by atoms with Crippen molar-refractivity contribution in [3.63, 3.8) is 0 Å². The fourth-order valence-electron chi connectivity index (χ4n) is 5.92. The van der Waals surface area contributed by atoms with Crippen LogP contribution in [0.15, 0.2) is 71.5 Å². The van der Waals surface area contributed by atoms with Crippen LogP contribution in [0, 0.1) is 16.7 Å². The Morgan fingerprint density at radius 3 is 2.65 bits per heavy atom. The number of β-amino-alcohol motifs (C(OH)–C–C–N with tert-alkyl or cyclic N) is 1. The van der Waals surface area contributed by atoms with Gasteiger partial charge in [0.15, 0.2) is 0 Å². The predicted octanol–water partition coefficient (Wildman–Crippen LogP) is 5.60. The SMILES string of the molecule is N#Cc1cncc(COc2cc(OCc3cccc(-c4cccc(NCCCN5CC[C@@H](O)C5)c4C=N)c3Br)c(Cl)cc2CN[C@@H](CO)C(=O)O)c1. The summed E-state index contributed by atoms with van der Waals surface area (Å²) in [5.74, 6) is -0.510. The third-order valence-corrected chi connectivity index (χ3v) is 9.90. The Bertz CT molecular complexity index is 1920. The molecule has 1 aliphatic heterocycles. The van der Waals surface area contributed by atoms with Gasteiger partial charge in [-0.2, -0.15) is 5.26 Å². The maximum atomic E-state index is 11.5. The Balaban J connectivity index is 1.33. The Labute approximate surface area is 315 Å². The van der Waals surface area contributed by atoms with Gasteiger partial charge in [0.05, 0.1) is 23.3 Å². The van der Waals surface area contributed by atoms with Gasteiger partial charge in [-0.25, -0.2) is 0 Å². The van der Waals surface area contributed by atoms with Crippen LogP contribution >= 0.6 is 27.5 Å². The van der Waals surface area contributed by atoms with Crippen LogP contribution in [0.3, 0.4) is 0 Å². The second kappa shape index (κ2) is 18.8. The molecule has 3 aromatic carbocycles. The highest BCUT2D eigenvalue weighted by atomic mass is 79.9. The standard InChI is InChI=1S/C38H40BrClN6O6/c39-37-26(4-1-6-30(37)29-5-2-7-33(31(29)16-42)44-9-3-10-46-11-8-28(48)20-46)23-52-36-14-35(51-22-25-12-24(15-41)17-43-18-25)27(13-32(36)40)19-45-34(21-47)38(49)50/h1-2,4-7,12-14,16-18,28,34,42,44-45,47-48H,3,8-11,19-23H2,(H,49,50)/t28-,34+/m1/s1. The highest BCUT2D eigenvalue weighted by Gasteiger charge is 2.21. The molecule has 6 N–H and O–H groups in total. The summed E-state index contributed by atoms with van der Waals surface area (Å²) in [7, 11) is 0. The van der Waals surface area contributed by atoms with Crippen LogP contribution < -0.4 is 20.1 Å². The minimum absolute atomic E-state index is 0.0305. The van der Waals surface area contributed by atoms with Crippen LogP contribution in [0.1, 0.15) is 40.7 Å². The molecule has 0 unspecified atom stereocenters. The molecule has 4 aromatic rings. The van der Waals surface area contributed by atoms with Crippen LogP contribution in [0.2, 0.25) is 5.02 Å². The van der Waals surface area contributed by atoms with Crippen LogP contribution in [-0.2, 0) is 24.6 Å². The third-order valence-electron chi connectivity index (χ3n) is 8.67. The van der Waals surface area contributed by atoms with Gasteiger partial charge in [-0.1, -0.05) is 41.9 Å². The number of nitrogens with zero attached hydrogens (tertiary/aromatic N) is 3. The molecule has 52 heavy (non-hydrogen) atoms. The maximum absolute atomic E-state index is 11.5. The second-order valence-corrected chi connectivity index (χ2v) is 13.5. The normalized spacial score (nSPS) is 14.8. The van der Waals surface area contributed by atoms with Crippen molar-refractivity contribution in [3.8, 4) is 28.7 Å². The number of carboxylic acid groups (broad SMARTS) is 1. The van der Waals surface area contributed by atoms with Crippen LogP contribution in [0.25, 0.3) is 11.1 Å². The molecule has 1 aromatic heterocycles. The monoisotopic (exact) mass is 790 g/mol. The number of carbonyl (C=O) groups is 1. The molecule has 14 heteroatoms. The number of hydrogen-bond acceptors (Lipinski definition) is 11. The Kier molecular flexibility index (Phi) is 14.0. The molecule has 2 atom stereocenters. The lowest BCUT2D eigenvalue weighted by Crippen LogP contribution is -2.39. The zero-order valence-electron chi connectivity index (χ0n) is 28.3. The van der Waals surface area contributed by atoms with E-state index in [9.17, 15) is 25.4 Å². The zero-order chi connectivity index (χ0) is 37.0. The highest BCUT2D eigenvalue weighted by Crippen LogP contribution is 2.38. The summed E-state index contributed by atoms with van der Waals surface area (Å²) >= 11 is 10.5. The number of aliphatic carboxylic acids is 1. The molecular weight excluding hydrogens is 752 g/mol. The lowest BCUT2D eigenvalue weighted by atomic mass is 9.97. The van der Waals surface area contributed by atoms with Crippen molar-refractivity contribution in [2.75, 3.05) is 38.1 Å². The number of rotatable bonds is 18. The minimum Gasteiger partial charge on any atom is -0.488 e. The van der Waals surface area contributed by atoms with Crippen LogP contribution in [0.5, 0.6) is 11.5 Å². The van der Waals surface area contributed by atoms with Gasteiger partial charge in [0.1, 0.15) is 36.8 Å². The van der Waals surface area contributed by atoms with Crippen molar-refractivity contribution >= 4 is 45.4 Å². The first kappa shape index (κ1) is 38.7. The summed E-state index contributed by atoms with van der Waals surface area (Å²) in [6.07, 6.45) is 5.89. The number of pyridine rings is 1. The van der Waals surface area contributed by atoms with E-state index in [1.54, 1.807) is 24.4 Å². The van der Waals surface area contributed by atoms with Crippen molar-refractivity contribution in [1.29, 1.82) is 10.7 Å². The second-order valence-electron chi connectivity index (χ2n) is 12.3. The van der Waals surface area contributed by atoms with E-state index >= 15 is 0 Å².